The van der Waals surface area contributed by atoms with Crippen molar-refractivity contribution in [3.05, 3.63) is 23.8 Å². The molecular weight excluding hydrogens is 502 g/mol. The number of ether oxygens (including phenoxy) is 3. The van der Waals surface area contributed by atoms with Crippen LogP contribution < -0.4 is 15.2 Å². The first-order chi connectivity index (χ1) is 18.2. The van der Waals surface area contributed by atoms with Gasteiger partial charge in [-0.1, -0.05) is 54.0 Å². The zero-order valence-electron chi connectivity index (χ0n) is 24.6. The van der Waals surface area contributed by atoms with Crippen molar-refractivity contribution in [3.8, 4) is 11.5 Å². The number of aliphatic carboxylic acids is 1. The van der Waals surface area contributed by atoms with E-state index >= 15 is 0 Å². The largest absolute Gasteiger partial charge is 0.480 e. The zero-order chi connectivity index (χ0) is 29.8. The molecule has 0 bridgehead atoms. The summed E-state index contributed by atoms with van der Waals surface area (Å²) in [6.45, 7) is 13.3. The van der Waals surface area contributed by atoms with E-state index in [1.54, 1.807) is 19.9 Å². The molecule has 1 aromatic rings. The molecule has 0 saturated carbocycles. The Morgan fingerprint density at radius 2 is 1.41 bits per heavy atom. The van der Waals surface area contributed by atoms with E-state index < -0.39 is 35.5 Å². The van der Waals surface area contributed by atoms with Gasteiger partial charge in [-0.05, 0) is 55.7 Å². The van der Waals surface area contributed by atoms with E-state index in [9.17, 15) is 24.3 Å². The predicted octanol–water partition coefficient (Wildman–Crippen LogP) is 5.45. The Hall–Kier alpha value is -2.94. The van der Waals surface area contributed by atoms with Gasteiger partial charge >= 0.3 is 23.9 Å². The summed E-state index contributed by atoms with van der Waals surface area (Å²) in [7, 11) is 0. The van der Waals surface area contributed by atoms with Gasteiger partial charge in [-0.25, -0.2) is 0 Å². The molecule has 1 rings (SSSR count). The van der Waals surface area contributed by atoms with Crippen molar-refractivity contribution < 1.29 is 38.5 Å². The molecular formula is C30H47NO8. The number of carboxylic acid groups (broad SMARTS) is 1. The minimum Gasteiger partial charge on any atom is -0.480 e. The first-order valence-corrected chi connectivity index (χ1v) is 13.9. The van der Waals surface area contributed by atoms with E-state index in [1.165, 1.54) is 12.1 Å². The third kappa shape index (κ3) is 12.6. The summed E-state index contributed by atoms with van der Waals surface area (Å²) in [5, 5.41) is 9.96. The van der Waals surface area contributed by atoms with E-state index in [4.69, 9.17) is 19.9 Å². The van der Waals surface area contributed by atoms with Crippen LogP contribution in [-0.2, 0) is 30.3 Å². The van der Waals surface area contributed by atoms with Crippen LogP contribution in [0.2, 0.25) is 0 Å². The van der Waals surface area contributed by atoms with Crippen LogP contribution in [-0.4, -0.2) is 40.6 Å². The molecule has 3 atom stereocenters. The van der Waals surface area contributed by atoms with Crippen LogP contribution in [0, 0.1) is 17.8 Å². The van der Waals surface area contributed by atoms with Gasteiger partial charge in [0.1, 0.15) is 11.6 Å². The summed E-state index contributed by atoms with van der Waals surface area (Å²) in [5.41, 5.74) is 5.02. The van der Waals surface area contributed by atoms with Crippen molar-refractivity contribution in [2.24, 2.45) is 23.5 Å². The fourth-order valence-electron chi connectivity index (χ4n) is 4.01. The molecule has 0 aliphatic rings. The first-order valence-electron chi connectivity index (χ1n) is 13.9. The first kappa shape index (κ1) is 34.1. The Morgan fingerprint density at radius 1 is 0.872 bits per heavy atom. The van der Waals surface area contributed by atoms with Gasteiger partial charge < -0.3 is 25.1 Å². The number of esters is 3. The molecule has 0 saturated heterocycles. The maximum Gasteiger partial charge on any atom is 0.324 e. The van der Waals surface area contributed by atoms with E-state index in [2.05, 4.69) is 0 Å². The number of benzene rings is 1. The molecule has 0 radical (unpaired) electrons. The molecule has 2 unspecified atom stereocenters. The molecule has 9 nitrogen and oxygen atoms in total. The topological polar surface area (TPSA) is 142 Å². The standard InChI is InChI=1S/C30H47NO8/c1-8-9-21(6)28(34)37-22(7)17-30(31,29(35)36)18-23-12-13-24(38-26(32)14-10-19(2)3)25(16-23)39-27(33)15-11-20(4)5/h12-13,16,19-22H,8-11,14-15,17-18,31H2,1-7H3,(H,35,36)/t21?,22-,30?/m0/s1. The van der Waals surface area contributed by atoms with Crippen LogP contribution in [0.15, 0.2) is 18.2 Å². The molecule has 39 heavy (non-hydrogen) atoms. The average Bonchev–Trinajstić information content (AvgIpc) is 2.82. The van der Waals surface area contributed by atoms with Gasteiger partial charge in [-0.15, -0.1) is 0 Å². The van der Waals surface area contributed by atoms with Gasteiger partial charge in [0.25, 0.3) is 0 Å². The van der Waals surface area contributed by atoms with Crippen LogP contribution in [0.25, 0.3) is 0 Å². The van der Waals surface area contributed by atoms with E-state index in [0.29, 0.717) is 36.7 Å². The van der Waals surface area contributed by atoms with E-state index in [0.717, 1.165) is 6.42 Å². The van der Waals surface area contributed by atoms with Gasteiger partial charge in [0.05, 0.1) is 5.92 Å². The normalized spacial score (nSPS) is 14.4. The Balaban J connectivity index is 3.16. The van der Waals surface area contributed by atoms with Gasteiger partial charge in [0.15, 0.2) is 11.5 Å². The van der Waals surface area contributed by atoms with Crippen LogP contribution in [0.1, 0.15) is 99.0 Å². The van der Waals surface area contributed by atoms with Gasteiger partial charge in [0.2, 0.25) is 0 Å². The highest BCUT2D eigenvalue weighted by atomic mass is 16.6. The summed E-state index contributed by atoms with van der Waals surface area (Å²) in [6.07, 6.45) is 2.17. The lowest BCUT2D eigenvalue weighted by atomic mass is 9.86. The number of rotatable bonds is 17. The van der Waals surface area contributed by atoms with Crippen molar-refractivity contribution >= 4 is 23.9 Å². The van der Waals surface area contributed by atoms with Crippen LogP contribution in [0.4, 0.5) is 0 Å². The molecule has 0 aliphatic heterocycles. The average molecular weight is 550 g/mol. The summed E-state index contributed by atoms with van der Waals surface area (Å²) >= 11 is 0. The molecule has 3 N–H and O–H groups in total. The quantitative estimate of drug-likeness (QED) is 0.191. The third-order valence-corrected chi connectivity index (χ3v) is 6.35. The van der Waals surface area contributed by atoms with Crippen molar-refractivity contribution in [1.29, 1.82) is 0 Å². The van der Waals surface area contributed by atoms with Crippen LogP contribution >= 0.6 is 0 Å². The highest BCUT2D eigenvalue weighted by Crippen LogP contribution is 2.32. The smallest absolute Gasteiger partial charge is 0.324 e. The lowest BCUT2D eigenvalue weighted by Crippen LogP contribution is -2.52. The molecule has 0 amide bonds. The van der Waals surface area contributed by atoms with Gasteiger partial charge in [-0.2, -0.15) is 0 Å². The van der Waals surface area contributed by atoms with Gasteiger partial charge in [0, 0.05) is 25.7 Å². The monoisotopic (exact) mass is 549 g/mol. The highest BCUT2D eigenvalue weighted by Gasteiger charge is 2.37. The van der Waals surface area contributed by atoms with E-state index in [-0.39, 0.29) is 43.1 Å². The second-order valence-electron chi connectivity index (χ2n) is 11.4. The Labute approximate surface area is 232 Å². The Morgan fingerprint density at radius 3 is 1.90 bits per heavy atom. The minimum absolute atomic E-state index is 0.0276. The number of carbonyl (C=O) groups excluding carboxylic acids is 3. The summed E-state index contributed by atoms with van der Waals surface area (Å²) in [5.74, 6) is -2.16. The lowest BCUT2D eigenvalue weighted by molar-refractivity contribution is -0.156. The Bertz CT molecular complexity index is 974. The Kier molecular flexibility index (Phi) is 14.2. The number of hydrogen-bond donors (Lipinski definition) is 2. The summed E-state index contributed by atoms with van der Waals surface area (Å²) in [6, 6.07) is 4.54. The third-order valence-electron chi connectivity index (χ3n) is 6.35. The van der Waals surface area contributed by atoms with Crippen molar-refractivity contribution in [1.82, 2.24) is 0 Å². The summed E-state index contributed by atoms with van der Waals surface area (Å²) < 4.78 is 16.5. The molecule has 0 aliphatic carbocycles. The van der Waals surface area contributed by atoms with Crippen LogP contribution in [0.5, 0.6) is 11.5 Å². The second kappa shape index (κ2) is 16.2. The number of carbonyl (C=O) groups is 4. The predicted molar refractivity (Wildman–Crippen MR) is 148 cm³/mol. The van der Waals surface area contributed by atoms with E-state index in [1.807, 2.05) is 34.6 Å². The van der Waals surface area contributed by atoms with Gasteiger partial charge in [-0.3, -0.25) is 19.2 Å². The molecule has 0 fully saturated rings. The lowest BCUT2D eigenvalue weighted by Gasteiger charge is -2.28. The number of carboxylic acids is 1. The molecule has 0 spiro atoms. The maximum atomic E-state index is 12.5. The van der Waals surface area contributed by atoms with Crippen molar-refractivity contribution in [2.45, 2.75) is 111 Å². The molecule has 220 valence electrons. The molecule has 9 heteroatoms. The maximum absolute atomic E-state index is 12.5. The number of hydrogen-bond acceptors (Lipinski definition) is 8. The van der Waals surface area contributed by atoms with Crippen LogP contribution in [0.3, 0.4) is 0 Å². The SMILES string of the molecule is CCCC(C)C(=O)O[C@@H](C)CC(N)(Cc1ccc(OC(=O)CCC(C)C)c(OC(=O)CCC(C)C)c1)C(=O)O. The fourth-order valence-corrected chi connectivity index (χ4v) is 4.01. The molecule has 0 heterocycles. The fraction of sp³-hybridized carbons (Fsp3) is 0.667. The minimum atomic E-state index is -1.76. The summed E-state index contributed by atoms with van der Waals surface area (Å²) in [4.78, 5) is 49.4. The molecule has 0 aromatic heterocycles. The highest BCUT2D eigenvalue weighted by molar-refractivity contribution is 5.80. The number of nitrogens with two attached hydrogens (primary N) is 1. The van der Waals surface area contributed by atoms with Crippen molar-refractivity contribution in [2.75, 3.05) is 0 Å². The second-order valence-corrected chi connectivity index (χ2v) is 11.4. The molecule has 1 aromatic carbocycles. The van der Waals surface area contributed by atoms with Crippen molar-refractivity contribution in [3.63, 3.8) is 0 Å². The zero-order valence-corrected chi connectivity index (χ0v) is 24.6.